The highest BCUT2D eigenvalue weighted by Crippen LogP contribution is 2.32. The van der Waals surface area contributed by atoms with E-state index < -0.39 is 6.09 Å². The summed E-state index contributed by atoms with van der Waals surface area (Å²) in [6.45, 7) is 4.02. The van der Waals surface area contributed by atoms with Crippen LogP contribution >= 0.6 is 0 Å². The average molecular weight is 351 g/mol. The minimum absolute atomic E-state index is 0.00334. The summed E-state index contributed by atoms with van der Waals surface area (Å²) in [6.07, 6.45) is 5.94. The second-order valence-corrected chi connectivity index (χ2v) is 7.97. The van der Waals surface area contributed by atoms with Crippen LogP contribution in [-0.2, 0) is 9.53 Å². The number of rotatable bonds is 2. The van der Waals surface area contributed by atoms with Gasteiger partial charge in [-0.15, -0.1) is 0 Å². The molecule has 0 saturated carbocycles. The van der Waals surface area contributed by atoms with E-state index in [1.165, 1.54) is 0 Å². The number of nitrogens with zero attached hydrogens (tertiary/aromatic N) is 3. The van der Waals surface area contributed by atoms with Gasteiger partial charge in [0.1, 0.15) is 0 Å². The number of carboxylic acid groups (broad SMARTS) is 1. The van der Waals surface area contributed by atoms with Crippen LogP contribution in [0.5, 0.6) is 0 Å². The van der Waals surface area contributed by atoms with Crippen molar-refractivity contribution >= 4 is 12.0 Å². The van der Waals surface area contributed by atoms with E-state index in [0.717, 1.165) is 64.6 Å². The van der Waals surface area contributed by atoms with Crippen molar-refractivity contribution in [3.63, 3.8) is 0 Å². The molecule has 2 amide bonds. The first-order chi connectivity index (χ1) is 12.1. The molecule has 0 aromatic rings. The van der Waals surface area contributed by atoms with E-state index in [9.17, 15) is 14.7 Å². The summed E-state index contributed by atoms with van der Waals surface area (Å²) in [7, 11) is 0. The molecule has 140 valence electrons. The van der Waals surface area contributed by atoms with Crippen LogP contribution in [0.25, 0.3) is 0 Å². The maximum atomic E-state index is 12.1. The van der Waals surface area contributed by atoms with Crippen molar-refractivity contribution in [1.29, 1.82) is 0 Å². The molecule has 1 N–H and O–H groups in total. The Morgan fingerprint density at radius 2 is 1.64 bits per heavy atom. The molecule has 7 nitrogen and oxygen atoms in total. The maximum absolute atomic E-state index is 12.1. The molecule has 4 rings (SSSR count). The molecule has 0 spiro atoms. The molecule has 4 aliphatic rings. The number of hydrogen-bond donors (Lipinski definition) is 1. The van der Waals surface area contributed by atoms with Crippen molar-refractivity contribution in [2.45, 2.75) is 69.1 Å². The first kappa shape index (κ1) is 17.1. The standard InChI is InChI=1S/C18H29N3O4/c22-17-3-1-2-6-20(17)13-4-7-19(8-5-13)14-9-15-11-25-12-16(10-14)21(15)18(23)24/h13-16H,1-12H2,(H,23,24). The molecular weight excluding hydrogens is 322 g/mol. The highest BCUT2D eigenvalue weighted by atomic mass is 16.5. The van der Waals surface area contributed by atoms with Gasteiger partial charge in [-0.05, 0) is 38.5 Å². The smallest absolute Gasteiger partial charge is 0.407 e. The number of likely N-dealkylation sites (tertiary alicyclic amines) is 2. The zero-order chi connectivity index (χ0) is 17.4. The van der Waals surface area contributed by atoms with Crippen molar-refractivity contribution in [2.75, 3.05) is 32.8 Å². The van der Waals surface area contributed by atoms with Crippen LogP contribution in [0.4, 0.5) is 4.79 Å². The zero-order valence-corrected chi connectivity index (χ0v) is 14.8. The van der Waals surface area contributed by atoms with Gasteiger partial charge in [-0.2, -0.15) is 0 Å². The highest BCUT2D eigenvalue weighted by Gasteiger charge is 2.44. The van der Waals surface area contributed by atoms with Crippen molar-refractivity contribution in [2.24, 2.45) is 0 Å². The largest absolute Gasteiger partial charge is 0.465 e. The second kappa shape index (κ2) is 7.11. The molecule has 0 aromatic carbocycles. The fourth-order valence-electron chi connectivity index (χ4n) is 5.27. The second-order valence-electron chi connectivity index (χ2n) is 7.97. The lowest BCUT2D eigenvalue weighted by Crippen LogP contribution is -2.63. The summed E-state index contributed by atoms with van der Waals surface area (Å²) in [5.41, 5.74) is 0. The summed E-state index contributed by atoms with van der Waals surface area (Å²) < 4.78 is 5.59. The lowest BCUT2D eigenvalue weighted by atomic mass is 9.87. The first-order valence-corrected chi connectivity index (χ1v) is 9.76. The van der Waals surface area contributed by atoms with Gasteiger partial charge >= 0.3 is 6.09 Å². The Balaban J connectivity index is 1.34. The third-order valence-corrected chi connectivity index (χ3v) is 6.53. The van der Waals surface area contributed by atoms with Gasteiger partial charge in [-0.3, -0.25) is 9.69 Å². The summed E-state index contributed by atoms with van der Waals surface area (Å²) in [5, 5.41) is 9.46. The first-order valence-electron chi connectivity index (χ1n) is 9.76. The van der Waals surface area contributed by atoms with Crippen LogP contribution in [0.15, 0.2) is 0 Å². The van der Waals surface area contributed by atoms with Crippen LogP contribution in [0.1, 0.15) is 44.9 Å². The minimum Gasteiger partial charge on any atom is -0.465 e. The van der Waals surface area contributed by atoms with Crippen LogP contribution < -0.4 is 0 Å². The molecule has 7 heteroatoms. The number of hydrogen-bond acceptors (Lipinski definition) is 4. The van der Waals surface area contributed by atoms with Crippen LogP contribution in [0.2, 0.25) is 0 Å². The number of ether oxygens (including phenoxy) is 1. The van der Waals surface area contributed by atoms with Crippen molar-refractivity contribution in [3.05, 3.63) is 0 Å². The van der Waals surface area contributed by atoms with E-state index in [-0.39, 0.29) is 12.1 Å². The van der Waals surface area contributed by atoms with Crippen molar-refractivity contribution in [1.82, 2.24) is 14.7 Å². The summed E-state index contributed by atoms with van der Waals surface area (Å²) in [5.74, 6) is 0.339. The number of piperidine rings is 3. The molecule has 4 aliphatic heterocycles. The number of fused-ring (bicyclic) bond motifs is 2. The third-order valence-electron chi connectivity index (χ3n) is 6.53. The average Bonchev–Trinajstić information content (AvgIpc) is 2.61. The number of carbonyl (C=O) groups is 2. The van der Waals surface area contributed by atoms with Gasteiger partial charge in [0.2, 0.25) is 5.91 Å². The van der Waals surface area contributed by atoms with Crippen molar-refractivity contribution in [3.8, 4) is 0 Å². The molecule has 4 fully saturated rings. The Kier molecular flexibility index (Phi) is 4.86. The SMILES string of the molecule is O=C1CCCCN1C1CCN(C2CC3COCC(C2)N3C(=O)O)CC1. The molecular formula is C18H29N3O4. The van der Waals surface area contributed by atoms with Gasteiger partial charge in [-0.25, -0.2) is 4.79 Å². The van der Waals surface area contributed by atoms with E-state index in [1.54, 1.807) is 4.90 Å². The fraction of sp³-hybridized carbons (Fsp3) is 0.889. The van der Waals surface area contributed by atoms with Gasteiger partial charge < -0.3 is 19.6 Å². The molecule has 0 radical (unpaired) electrons. The lowest BCUT2D eigenvalue weighted by Gasteiger charge is -2.51. The Morgan fingerprint density at radius 3 is 2.24 bits per heavy atom. The van der Waals surface area contributed by atoms with E-state index in [4.69, 9.17) is 4.74 Å². The van der Waals surface area contributed by atoms with Crippen molar-refractivity contribution < 1.29 is 19.4 Å². The molecule has 2 atom stereocenters. The quantitative estimate of drug-likeness (QED) is 0.813. The molecule has 2 bridgehead atoms. The Morgan fingerprint density at radius 1 is 0.960 bits per heavy atom. The van der Waals surface area contributed by atoms with Gasteiger partial charge in [0.25, 0.3) is 0 Å². The summed E-state index contributed by atoms with van der Waals surface area (Å²) >= 11 is 0. The molecule has 0 aliphatic carbocycles. The lowest BCUT2D eigenvalue weighted by molar-refractivity contribution is -0.137. The van der Waals surface area contributed by atoms with E-state index in [0.29, 0.717) is 31.2 Å². The molecule has 4 saturated heterocycles. The fourth-order valence-corrected chi connectivity index (χ4v) is 5.27. The van der Waals surface area contributed by atoms with E-state index >= 15 is 0 Å². The van der Waals surface area contributed by atoms with Gasteiger partial charge in [0, 0.05) is 38.1 Å². The number of morpholine rings is 1. The Hall–Kier alpha value is -1.34. The van der Waals surface area contributed by atoms with E-state index in [2.05, 4.69) is 9.80 Å². The third kappa shape index (κ3) is 3.36. The summed E-state index contributed by atoms with van der Waals surface area (Å²) in [6, 6.07) is 0.853. The normalized spacial score (nSPS) is 35.0. The highest BCUT2D eigenvalue weighted by molar-refractivity contribution is 5.77. The molecule has 2 unspecified atom stereocenters. The topological polar surface area (TPSA) is 73.3 Å². The predicted octanol–water partition coefficient (Wildman–Crippen LogP) is 1.37. The minimum atomic E-state index is -0.806. The van der Waals surface area contributed by atoms with Gasteiger partial charge in [-0.1, -0.05) is 0 Å². The zero-order valence-electron chi connectivity index (χ0n) is 14.8. The number of carbonyl (C=O) groups excluding carboxylic acids is 1. The van der Waals surface area contributed by atoms with E-state index in [1.807, 2.05) is 0 Å². The number of amides is 2. The Labute approximate surface area is 148 Å². The van der Waals surface area contributed by atoms with Crippen LogP contribution in [-0.4, -0.2) is 88.8 Å². The molecule has 0 aromatic heterocycles. The molecule has 25 heavy (non-hydrogen) atoms. The summed E-state index contributed by atoms with van der Waals surface area (Å²) in [4.78, 5) is 29.9. The predicted molar refractivity (Wildman–Crippen MR) is 91.4 cm³/mol. The van der Waals surface area contributed by atoms with Gasteiger partial charge in [0.15, 0.2) is 0 Å². The van der Waals surface area contributed by atoms with Crippen LogP contribution in [0, 0.1) is 0 Å². The van der Waals surface area contributed by atoms with Crippen LogP contribution in [0.3, 0.4) is 0 Å². The monoisotopic (exact) mass is 351 g/mol. The molecule has 4 heterocycles. The van der Waals surface area contributed by atoms with Gasteiger partial charge in [0.05, 0.1) is 25.3 Å². The maximum Gasteiger partial charge on any atom is 0.407 e. The Bertz CT molecular complexity index is 506.